The molecule has 0 spiro atoms. The molecule has 2 N–H and O–H groups in total. The number of halogens is 3. The molecule has 0 aliphatic carbocycles. The molecule has 0 radical (unpaired) electrons. The summed E-state index contributed by atoms with van der Waals surface area (Å²) in [5.74, 6) is 0. The van der Waals surface area contributed by atoms with Crippen LogP contribution in [0.4, 0.5) is 13.2 Å². The van der Waals surface area contributed by atoms with Gasteiger partial charge in [0.15, 0.2) is 0 Å². The first-order valence-corrected chi connectivity index (χ1v) is 5.03. The van der Waals surface area contributed by atoms with E-state index in [9.17, 15) is 13.2 Å². The Morgan fingerprint density at radius 1 is 1.38 bits per heavy atom. The zero-order valence-electron chi connectivity index (χ0n) is 8.96. The molecule has 0 unspecified atom stereocenters. The van der Waals surface area contributed by atoms with Gasteiger partial charge in [-0.25, -0.2) is 0 Å². The molecule has 16 heavy (non-hydrogen) atoms. The van der Waals surface area contributed by atoms with Crippen molar-refractivity contribution in [1.29, 1.82) is 0 Å². The number of hydrogen-bond acceptors (Lipinski definition) is 1. The summed E-state index contributed by atoms with van der Waals surface area (Å²) in [6.45, 7) is 1.99. The quantitative estimate of drug-likeness (QED) is 0.846. The maximum Gasteiger partial charge on any atom is 0.407 e. The Hall–Kier alpha value is -1.29. The van der Waals surface area contributed by atoms with E-state index < -0.39 is 12.2 Å². The number of benzene rings is 1. The van der Waals surface area contributed by atoms with E-state index in [2.05, 4.69) is 0 Å². The lowest BCUT2D eigenvalue weighted by molar-refractivity contribution is -0.136. The largest absolute Gasteiger partial charge is 0.407 e. The molecule has 0 fully saturated rings. The van der Waals surface area contributed by atoms with Crippen LogP contribution in [0.2, 0.25) is 0 Å². The minimum Gasteiger partial charge on any atom is -0.317 e. The number of nitrogens with two attached hydrogens (primary N) is 1. The zero-order chi connectivity index (χ0) is 12.2. The van der Waals surface area contributed by atoms with Crippen LogP contribution in [0, 0.1) is 0 Å². The first-order chi connectivity index (χ1) is 7.43. The van der Waals surface area contributed by atoms with Crippen LogP contribution in [-0.2, 0) is 6.42 Å². The lowest BCUT2D eigenvalue weighted by Gasteiger charge is -2.10. The summed E-state index contributed by atoms with van der Waals surface area (Å²) in [5.41, 5.74) is 6.78. The summed E-state index contributed by atoms with van der Waals surface area (Å²) in [6, 6.07) is 5.44. The average Bonchev–Trinajstić information content (AvgIpc) is 2.25. The molecule has 0 aliphatic rings. The first-order valence-electron chi connectivity index (χ1n) is 5.03. The predicted molar refractivity (Wildman–Crippen MR) is 58.9 cm³/mol. The predicted octanol–water partition coefficient (Wildman–Crippen LogP) is 3.15. The lowest BCUT2D eigenvalue weighted by Crippen LogP contribution is -2.35. The van der Waals surface area contributed by atoms with E-state index in [0.29, 0.717) is 0 Å². The van der Waals surface area contributed by atoms with E-state index in [4.69, 9.17) is 5.73 Å². The van der Waals surface area contributed by atoms with Crippen molar-refractivity contribution in [2.24, 2.45) is 5.73 Å². The van der Waals surface area contributed by atoms with Gasteiger partial charge in [-0.2, -0.15) is 13.2 Å². The Balaban J connectivity index is 2.76. The van der Waals surface area contributed by atoms with Crippen LogP contribution in [-0.4, -0.2) is 12.2 Å². The van der Waals surface area contributed by atoms with Crippen LogP contribution in [0.3, 0.4) is 0 Å². The molecule has 0 aliphatic heterocycles. The second-order valence-electron chi connectivity index (χ2n) is 3.53. The van der Waals surface area contributed by atoms with Crippen LogP contribution in [0.25, 0.3) is 6.08 Å². The molecule has 0 amide bonds. The molecule has 1 atom stereocenters. The summed E-state index contributed by atoms with van der Waals surface area (Å²) in [6.07, 6.45) is -1.15. The van der Waals surface area contributed by atoms with E-state index in [1.807, 2.05) is 25.1 Å². The molecule has 4 heteroatoms. The van der Waals surface area contributed by atoms with Crippen molar-refractivity contribution >= 4 is 6.08 Å². The van der Waals surface area contributed by atoms with Gasteiger partial charge < -0.3 is 5.73 Å². The van der Waals surface area contributed by atoms with Crippen LogP contribution in [0.5, 0.6) is 0 Å². The first kappa shape index (κ1) is 12.8. The summed E-state index contributed by atoms with van der Waals surface area (Å²) in [4.78, 5) is 0. The van der Waals surface area contributed by atoms with E-state index >= 15 is 0 Å². The summed E-state index contributed by atoms with van der Waals surface area (Å²) in [7, 11) is 0. The van der Waals surface area contributed by atoms with Gasteiger partial charge in [-0.1, -0.05) is 43.3 Å². The Morgan fingerprint density at radius 2 is 2.06 bits per heavy atom. The van der Waals surface area contributed by atoms with Crippen LogP contribution >= 0.6 is 0 Å². The third-order valence-corrected chi connectivity index (χ3v) is 2.23. The van der Waals surface area contributed by atoms with Crippen LogP contribution in [0.15, 0.2) is 30.3 Å². The molecule has 88 valence electrons. The summed E-state index contributed by atoms with van der Waals surface area (Å²) >= 11 is 0. The van der Waals surface area contributed by atoms with Crippen molar-refractivity contribution in [2.75, 3.05) is 0 Å². The fourth-order valence-electron chi connectivity index (χ4n) is 1.24. The van der Waals surface area contributed by atoms with Crippen molar-refractivity contribution in [3.8, 4) is 0 Å². The highest BCUT2D eigenvalue weighted by molar-refractivity contribution is 5.51. The summed E-state index contributed by atoms with van der Waals surface area (Å²) in [5, 5.41) is 0. The van der Waals surface area contributed by atoms with Gasteiger partial charge in [0.2, 0.25) is 0 Å². The Bertz CT molecular complexity index is 369. The monoisotopic (exact) mass is 229 g/mol. The molecule has 0 bridgehead atoms. The van der Waals surface area contributed by atoms with Crippen molar-refractivity contribution in [3.63, 3.8) is 0 Å². The van der Waals surface area contributed by atoms with Gasteiger partial charge in [-0.05, 0) is 17.5 Å². The summed E-state index contributed by atoms with van der Waals surface area (Å²) < 4.78 is 36.4. The highest BCUT2D eigenvalue weighted by Gasteiger charge is 2.34. The van der Waals surface area contributed by atoms with Gasteiger partial charge in [0.1, 0.15) is 6.04 Å². The normalized spacial score (nSPS) is 14.3. The molecule has 0 heterocycles. The number of rotatable bonds is 3. The number of aryl methyl sites for hydroxylation is 1. The van der Waals surface area contributed by atoms with Gasteiger partial charge in [-0.3, -0.25) is 0 Å². The Labute approximate surface area is 92.8 Å². The Kier molecular flexibility index (Phi) is 4.12. The highest BCUT2D eigenvalue weighted by Crippen LogP contribution is 2.20. The maximum absolute atomic E-state index is 12.1. The highest BCUT2D eigenvalue weighted by atomic mass is 19.4. The van der Waals surface area contributed by atoms with Crippen molar-refractivity contribution in [2.45, 2.75) is 25.6 Å². The number of hydrogen-bond donors (Lipinski definition) is 1. The second kappa shape index (κ2) is 5.16. The average molecular weight is 229 g/mol. The molecule has 0 aromatic heterocycles. The van der Waals surface area contributed by atoms with Gasteiger partial charge in [0.05, 0.1) is 0 Å². The topological polar surface area (TPSA) is 26.0 Å². The SMILES string of the molecule is CCc1cccc(C=C[C@H](N)C(F)(F)F)c1. The van der Waals surface area contributed by atoms with Gasteiger partial charge in [-0.15, -0.1) is 0 Å². The number of alkyl halides is 3. The van der Waals surface area contributed by atoms with Crippen molar-refractivity contribution in [1.82, 2.24) is 0 Å². The fraction of sp³-hybridized carbons (Fsp3) is 0.333. The second-order valence-corrected chi connectivity index (χ2v) is 3.53. The van der Waals surface area contributed by atoms with Crippen molar-refractivity contribution < 1.29 is 13.2 Å². The van der Waals surface area contributed by atoms with Crippen LogP contribution in [0.1, 0.15) is 18.1 Å². The molecule has 1 nitrogen and oxygen atoms in total. The van der Waals surface area contributed by atoms with E-state index in [-0.39, 0.29) is 0 Å². The van der Waals surface area contributed by atoms with Crippen LogP contribution < -0.4 is 5.73 Å². The zero-order valence-corrected chi connectivity index (χ0v) is 8.96. The third-order valence-electron chi connectivity index (χ3n) is 2.23. The lowest BCUT2D eigenvalue weighted by atomic mass is 10.1. The van der Waals surface area contributed by atoms with Gasteiger partial charge in [0.25, 0.3) is 0 Å². The minimum atomic E-state index is -4.38. The fourth-order valence-corrected chi connectivity index (χ4v) is 1.24. The molecular formula is C12H14F3N. The molecular weight excluding hydrogens is 215 g/mol. The van der Waals surface area contributed by atoms with Crippen molar-refractivity contribution in [3.05, 3.63) is 41.5 Å². The molecule has 1 aromatic rings. The van der Waals surface area contributed by atoms with Gasteiger partial charge in [0, 0.05) is 0 Å². The standard InChI is InChI=1S/C12H14F3N/c1-2-9-4-3-5-10(8-9)6-7-11(16)12(13,14)15/h3-8,11H,2,16H2,1H3/t11-/m0/s1. The Morgan fingerprint density at radius 3 is 2.62 bits per heavy atom. The maximum atomic E-state index is 12.1. The van der Waals surface area contributed by atoms with Gasteiger partial charge >= 0.3 is 6.18 Å². The molecule has 1 aromatic carbocycles. The van der Waals surface area contributed by atoms with E-state index in [0.717, 1.165) is 23.6 Å². The molecule has 1 rings (SSSR count). The molecule has 0 saturated carbocycles. The third kappa shape index (κ3) is 3.70. The molecule has 0 saturated heterocycles. The van der Waals surface area contributed by atoms with E-state index in [1.165, 1.54) is 6.08 Å². The smallest absolute Gasteiger partial charge is 0.317 e. The van der Waals surface area contributed by atoms with E-state index in [1.54, 1.807) is 6.07 Å². The minimum absolute atomic E-state index is 0.735.